The molecular weight excluding hydrogens is 392 g/mol. The van der Waals surface area contributed by atoms with Gasteiger partial charge in [-0.05, 0) is 42.2 Å². The van der Waals surface area contributed by atoms with Crippen molar-refractivity contribution in [1.82, 2.24) is 0 Å². The number of para-hydroxylation sites is 1. The second-order valence-corrected chi connectivity index (χ2v) is 7.45. The number of benzene rings is 2. The van der Waals surface area contributed by atoms with Crippen molar-refractivity contribution in [2.75, 3.05) is 16.8 Å². The highest BCUT2D eigenvalue weighted by molar-refractivity contribution is 9.10. The van der Waals surface area contributed by atoms with Gasteiger partial charge in [-0.1, -0.05) is 54.0 Å². The van der Waals surface area contributed by atoms with Gasteiger partial charge in [0.05, 0.1) is 5.92 Å². The number of aryl methyl sites for hydroxylation is 2. The molecule has 2 aromatic rings. The van der Waals surface area contributed by atoms with E-state index in [4.69, 9.17) is 0 Å². The van der Waals surface area contributed by atoms with Gasteiger partial charge in [0, 0.05) is 28.8 Å². The van der Waals surface area contributed by atoms with Crippen molar-refractivity contribution in [2.24, 2.45) is 5.92 Å². The second kappa shape index (κ2) is 8.04. The van der Waals surface area contributed by atoms with E-state index < -0.39 is 0 Å². The maximum Gasteiger partial charge on any atom is 0.229 e. The molecule has 0 saturated carbocycles. The lowest BCUT2D eigenvalue weighted by atomic mass is 10.0. The molecule has 1 aliphatic heterocycles. The summed E-state index contributed by atoms with van der Waals surface area (Å²) in [4.78, 5) is 27.0. The lowest BCUT2D eigenvalue weighted by molar-refractivity contribution is -0.122. The van der Waals surface area contributed by atoms with E-state index in [-0.39, 0.29) is 24.2 Å². The van der Waals surface area contributed by atoms with Crippen molar-refractivity contribution in [3.63, 3.8) is 0 Å². The summed E-state index contributed by atoms with van der Waals surface area (Å²) >= 11 is 3.43. The molecule has 1 aliphatic rings. The van der Waals surface area contributed by atoms with Gasteiger partial charge in [-0.15, -0.1) is 0 Å². The minimum absolute atomic E-state index is 0.0114. The van der Waals surface area contributed by atoms with Crippen LogP contribution in [0.15, 0.2) is 46.9 Å². The summed E-state index contributed by atoms with van der Waals surface area (Å²) in [5.41, 5.74) is 4.00. The molecule has 0 bridgehead atoms. The molecule has 5 heteroatoms. The molecule has 0 spiro atoms. The minimum atomic E-state index is -0.337. The first-order valence-electron chi connectivity index (χ1n) is 9.01. The van der Waals surface area contributed by atoms with Crippen molar-refractivity contribution in [2.45, 2.75) is 33.1 Å². The number of nitrogens with zero attached hydrogens (tertiary/aromatic N) is 1. The summed E-state index contributed by atoms with van der Waals surface area (Å²) in [6.45, 7) is 4.58. The average Bonchev–Trinajstić information content (AvgIpc) is 3.03. The molecule has 2 aromatic carbocycles. The van der Waals surface area contributed by atoms with Crippen LogP contribution < -0.4 is 10.2 Å². The van der Waals surface area contributed by atoms with Gasteiger partial charge in [-0.3, -0.25) is 9.59 Å². The van der Waals surface area contributed by atoms with Crippen LogP contribution in [0.1, 0.15) is 31.4 Å². The van der Waals surface area contributed by atoms with E-state index in [1.165, 1.54) is 0 Å². The maximum absolute atomic E-state index is 12.8. The quantitative estimate of drug-likeness (QED) is 0.778. The molecule has 0 radical (unpaired) electrons. The largest absolute Gasteiger partial charge is 0.325 e. The molecule has 26 heavy (non-hydrogen) atoms. The lowest BCUT2D eigenvalue weighted by Gasteiger charge is -2.18. The third-order valence-corrected chi connectivity index (χ3v) is 5.36. The highest BCUT2D eigenvalue weighted by atomic mass is 79.9. The Kier molecular flexibility index (Phi) is 5.77. The van der Waals surface area contributed by atoms with Crippen LogP contribution in [0.2, 0.25) is 0 Å². The van der Waals surface area contributed by atoms with Gasteiger partial charge in [-0.25, -0.2) is 0 Å². The first-order chi connectivity index (χ1) is 12.5. The van der Waals surface area contributed by atoms with Gasteiger partial charge in [-0.2, -0.15) is 0 Å². The van der Waals surface area contributed by atoms with Crippen LogP contribution in [0, 0.1) is 5.92 Å². The standard InChI is InChI=1S/C21H23BrN2O2/c1-3-14-7-5-8-15(4-2)20(14)23-21(26)16-11-19(25)24(13-16)18-10-6-9-17(22)12-18/h5-10,12,16H,3-4,11,13H2,1-2H3,(H,23,26). The molecule has 1 fully saturated rings. The number of carbonyl (C=O) groups excluding carboxylic acids is 2. The molecular formula is C21H23BrN2O2. The van der Waals surface area contributed by atoms with Crippen molar-refractivity contribution < 1.29 is 9.59 Å². The zero-order chi connectivity index (χ0) is 18.7. The Morgan fingerprint density at radius 1 is 1.15 bits per heavy atom. The molecule has 4 nitrogen and oxygen atoms in total. The fourth-order valence-corrected chi connectivity index (χ4v) is 3.79. The predicted molar refractivity (Wildman–Crippen MR) is 108 cm³/mol. The van der Waals surface area contributed by atoms with Gasteiger partial charge < -0.3 is 10.2 Å². The summed E-state index contributed by atoms with van der Waals surface area (Å²) in [6.07, 6.45) is 1.96. The number of hydrogen-bond acceptors (Lipinski definition) is 2. The SMILES string of the molecule is CCc1cccc(CC)c1NC(=O)C1CC(=O)N(c2cccc(Br)c2)C1. The van der Waals surface area contributed by atoms with E-state index in [0.717, 1.165) is 39.8 Å². The summed E-state index contributed by atoms with van der Waals surface area (Å²) < 4.78 is 0.917. The molecule has 1 unspecified atom stereocenters. The molecule has 0 aromatic heterocycles. The van der Waals surface area contributed by atoms with Crippen LogP contribution in [0.3, 0.4) is 0 Å². The Morgan fingerprint density at radius 2 is 1.81 bits per heavy atom. The lowest BCUT2D eigenvalue weighted by Crippen LogP contribution is -2.28. The third kappa shape index (κ3) is 3.83. The van der Waals surface area contributed by atoms with Gasteiger partial charge >= 0.3 is 0 Å². The van der Waals surface area contributed by atoms with E-state index in [9.17, 15) is 9.59 Å². The highest BCUT2D eigenvalue weighted by Gasteiger charge is 2.35. The first kappa shape index (κ1) is 18.6. The molecule has 0 aliphatic carbocycles. The first-order valence-corrected chi connectivity index (χ1v) is 9.80. The number of rotatable bonds is 5. The summed E-state index contributed by atoms with van der Waals surface area (Å²) in [7, 11) is 0. The second-order valence-electron chi connectivity index (χ2n) is 6.53. The molecule has 3 rings (SSSR count). The van der Waals surface area contributed by atoms with Gasteiger partial charge in [0.25, 0.3) is 0 Å². The van der Waals surface area contributed by atoms with Crippen LogP contribution in [0.5, 0.6) is 0 Å². The van der Waals surface area contributed by atoms with E-state index in [2.05, 4.69) is 35.1 Å². The molecule has 1 heterocycles. The van der Waals surface area contributed by atoms with Gasteiger partial charge in [0.1, 0.15) is 0 Å². The Balaban J connectivity index is 1.77. The summed E-state index contributed by atoms with van der Waals surface area (Å²) in [5, 5.41) is 3.10. The Morgan fingerprint density at radius 3 is 2.42 bits per heavy atom. The van der Waals surface area contributed by atoms with Gasteiger partial charge in [0.15, 0.2) is 0 Å². The molecule has 2 amide bonds. The Hall–Kier alpha value is -2.14. The van der Waals surface area contributed by atoms with E-state index in [1.54, 1.807) is 4.90 Å². The number of hydrogen-bond donors (Lipinski definition) is 1. The van der Waals surface area contributed by atoms with Crippen LogP contribution in [0.4, 0.5) is 11.4 Å². The third-order valence-electron chi connectivity index (χ3n) is 4.86. The van der Waals surface area contributed by atoms with Crippen LogP contribution >= 0.6 is 15.9 Å². The smallest absolute Gasteiger partial charge is 0.229 e. The highest BCUT2D eigenvalue weighted by Crippen LogP contribution is 2.29. The van der Waals surface area contributed by atoms with Crippen molar-refractivity contribution in [3.8, 4) is 0 Å². The summed E-state index contributed by atoms with van der Waals surface area (Å²) in [6, 6.07) is 13.7. The topological polar surface area (TPSA) is 49.4 Å². The van der Waals surface area contributed by atoms with Crippen LogP contribution in [0.25, 0.3) is 0 Å². The Labute approximate surface area is 162 Å². The monoisotopic (exact) mass is 414 g/mol. The number of carbonyl (C=O) groups is 2. The van der Waals surface area contributed by atoms with E-state index in [1.807, 2.05) is 42.5 Å². The van der Waals surface area contributed by atoms with E-state index >= 15 is 0 Å². The van der Waals surface area contributed by atoms with Gasteiger partial charge in [0.2, 0.25) is 11.8 Å². The molecule has 136 valence electrons. The Bertz CT molecular complexity index is 812. The average molecular weight is 415 g/mol. The van der Waals surface area contributed by atoms with Crippen LogP contribution in [-0.2, 0) is 22.4 Å². The number of amides is 2. The number of anilines is 2. The van der Waals surface area contributed by atoms with Crippen molar-refractivity contribution >= 4 is 39.1 Å². The maximum atomic E-state index is 12.8. The fraction of sp³-hybridized carbons (Fsp3) is 0.333. The molecule has 1 atom stereocenters. The zero-order valence-electron chi connectivity index (χ0n) is 15.1. The number of halogens is 1. The number of nitrogens with one attached hydrogen (secondary N) is 1. The van der Waals surface area contributed by atoms with E-state index in [0.29, 0.717) is 6.54 Å². The molecule has 1 N–H and O–H groups in total. The predicted octanol–water partition coefficient (Wildman–Crippen LogP) is 4.57. The minimum Gasteiger partial charge on any atom is -0.325 e. The van der Waals surface area contributed by atoms with Crippen molar-refractivity contribution in [1.29, 1.82) is 0 Å². The van der Waals surface area contributed by atoms with Crippen molar-refractivity contribution in [3.05, 3.63) is 58.1 Å². The molecule has 1 saturated heterocycles. The normalized spacial score (nSPS) is 16.8. The van der Waals surface area contributed by atoms with Crippen LogP contribution in [-0.4, -0.2) is 18.4 Å². The zero-order valence-corrected chi connectivity index (χ0v) is 16.7. The fourth-order valence-electron chi connectivity index (χ4n) is 3.41. The summed E-state index contributed by atoms with van der Waals surface area (Å²) in [5.74, 6) is -0.426.